The van der Waals surface area contributed by atoms with Crippen LogP contribution in [0.1, 0.15) is 20.1 Å². The molecule has 0 aliphatic carbocycles. The van der Waals surface area contributed by atoms with Gasteiger partial charge in [-0.05, 0) is 13.8 Å². The van der Waals surface area contributed by atoms with Crippen LogP contribution in [0.4, 0.5) is 5.82 Å². The Morgan fingerprint density at radius 2 is 2.07 bits per heavy atom. The molecule has 1 fully saturated rings. The summed E-state index contributed by atoms with van der Waals surface area (Å²) < 4.78 is 44.9. The minimum Gasteiger partial charge on any atom is -0.382 e. The standard InChI is InChI=1S/C15H24N6O5S/c1-8(2)25-11-9(5-20-27(4,22)23)26-15(12(11)24-3)21-7-19-10-13(16)17-6-18-14(10)21/h6-9,11-12,15,20H,5H2,1-4H3,(H2,16,17,18)/t9-,11-,12-,15-/m1/s1. The van der Waals surface area contributed by atoms with Gasteiger partial charge in [0.15, 0.2) is 17.7 Å². The van der Waals surface area contributed by atoms with Gasteiger partial charge >= 0.3 is 0 Å². The highest BCUT2D eigenvalue weighted by Gasteiger charge is 2.47. The van der Waals surface area contributed by atoms with E-state index in [4.69, 9.17) is 19.9 Å². The third-order valence-corrected chi connectivity index (χ3v) is 4.89. The first kappa shape index (κ1) is 19.9. The molecule has 3 rings (SSSR count). The summed E-state index contributed by atoms with van der Waals surface area (Å²) in [5.74, 6) is 0.260. The maximum absolute atomic E-state index is 11.5. The predicted molar refractivity (Wildman–Crippen MR) is 97.3 cm³/mol. The zero-order chi connectivity index (χ0) is 19.8. The lowest BCUT2D eigenvalue weighted by Gasteiger charge is -2.25. The molecule has 2 aromatic heterocycles. The summed E-state index contributed by atoms with van der Waals surface area (Å²) in [6.45, 7) is 3.83. The Hall–Kier alpha value is -1.86. The molecule has 3 heterocycles. The van der Waals surface area contributed by atoms with E-state index in [1.165, 1.54) is 6.33 Å². The van der Waals surface area contributed by atoms with Crippen LogP contribution >= 0.6 is 0 Å². The fraction of sp³-hybridized carbons (Fsp3) is 0.667. The molecule has 27 heavy (non-hydrogen) atoms. The van der Waals surface area contributed by atoms with Gasteiger partial charge in [0.25, 0.3) is 0 Å². The Morgan fingerprint density at radius 3 is 2.70 bits per heavy atom. The fourth-order valence-electron chi connectivity index (χ4n) is 3.12. The highest BCUT2D eigenvalue weighted by molar-refractivity contribution is 7.88. The third kappa shape index (κ3) is 4.19. The Bertz CT molecular complexity index is 901. The molecule has 0 unspecified atom stereocenters. The number of nitrogen functional groups attached to an aromatic ring is 1. The van der Waals surface area contributed by atoms with E-state index in [-0.39, 0.29) is 18.5 Å². The number of rotatable bonds is 7. The zero-order valence-corrected chi connectivity index (χ0v) is 16.4. The lowest BCUT2D eigenvalue weighted by Crippen LogP contribution is -2.43. The van der Waals surface area contributed by atoms with Crippen LogP contribution in [0.2, 0.25) is 0 Å². The normalized spacial score (nSPS) is 26.3. The molecule has 3 N–H and O–H groups in total. The van der Waals surface area contributed by atoms with Crippen molar-refractivity contribution in [1.82, 2.24) is 24.2 Å². The van der Waals surface area contributed by atoms with Crippen LogP contribution in [-0.4, -0.2) is 72.3 Å². The number of aromatic nitrogens is 4. The highest BCUT2D eigenvalue weighted by atomic mass is 32.2. The van der Waals surface area contributed by atoms with Crippen molar-refractivity contribution in [2.24, 2.45) is 0 Å². The molecule has 11 nitrogen and oxygen atoms in total. The van der Waals surface area contributed by atoms with Gasteiger partial charge in [0, 0.05) is 13.7 Å². The second kappa shape index (κ2) is 7.64. The van der Waals surface area contributed by atoms with E-state index in [0.717, 1.165) is 6.26 Å². The molecular formula is C15H24N6O5S. The van der Waals surface area contributed by atoms with Crippen molar-refractivity contribution in [3.05, 3.63) is 12.7 Å². The van der Waals surface area contributed by atoms with Crippen molar-refractivity contribution < 1.29 is 22.6 Å². The summed E-state index contributed by atoms with van der Waals surface area (Å²) in [4.78, 5) is 12.4. The number of ether oxygens (including phenoxy) is 3. The van der Waals surface area contributed by atoms with E-state index in [2.05, 4.69) is 19.7 Å². The molecule has 2 aromatic rings. The number of hydrogen-bond donors (Lipinski definition) is 2. The molecule has 150 valence electrons. The molecule has 0 saturated carbocycles. The van der Waals surface area contributed by atoms with Crippen molar-refractivity contribution in [3.63, 3.8) is 0 Å². The van der Waals surface area contributed by atoms with Crippen LogP contribution < -0.4 is 10.5 Å². The molecule has 12 heteroatoms. The largest absolute Gasteiger partial charge is 0.382 e. The Morgan fingerprint density at radius 1 is 1.33 bits per heavy atom. The molecule has 0 aromatic carbocycles. The minimum atomic E-state index is -3.38. The molecule has 1 aliphatic heterocycles. The van der Waals surface area contributed by atoms with Crippen molar-refractivity contribution in [1.29, 1.82) is 0 Å². The number of nitrogens with zero attached hydrogens (tertiary/aromatic N) is 4. The summed E-state index contributed by atoms with van der Waals surface area (Å²) in [5.41, 5.74) is 6.80. The van der Waals surface area contributed by atoms with E-state index in [9.17, 15) is 8.42 Å². The van der Waals surface area contributed by atoms with Gasteiger partial charge in [0.2, 0.25) is 10.0 Å². The lowest BCUT2D eigenvalue weighted by atomic mass is 10.1. The van der Waals surface area contributed by atoms with Crippen LogP contribution in [0.15, 0.2) is 12.7 Å². The SMILES string of the molecule is CO[C@@H]1[C@H](OC(C)C)[C@@H](CNS(C)(=O)=O)O[C@H]1n1cnc2c(N)ncnc21. The average Bonchev–Trinajstić information content (AvgIpc) is 3.14. The minimum absolute atomic E-state index is 0.0519. The molecule has 0 amide bonds. The van der Waals surface area contributed by atoms with Gasteiger partial charge in [-0.3, -0.25) is 4.57 Å². The molecular weight excluding hydrogens is 376 g/mol. The Balaban J connectivity index is 1.95. The first-order valence-corrected chi connectivity index (χ1v) is 10.3. The van der Waals surface area contributed by atoms with E-state index >= 15 is 0 Å². The summed E-state index contributed by atoms with van der Waals surface area (Å²) in [7, 11) is -1.83. The van der Waals surface area contributed by atoms with E-state index in [1.54, 1.807) is 18.0 Å². The molecule has 0 spiro atoms. The number of anilines is 1. The number of methoxy groups -OCH3 is 1. The van der Waals surface area contributed by atoms with Gasteiger partial charge < -0.3 is 19.9 Å². The topological polar surface area (TPSA) is 143 Å². The van der Waals surface area contributed by atoms with Crippen LogP contribution in [-0.2, 0) is 24.2 Å². The quantitative estimate of drug-likeness (QED) is 0.638. The third-order valence-electron chi connectivity index (χ3n) is 4.19. The number of nitrogens with one attached hydrogen (secondary N) is 1. The smallest absolute Gasteiger partial charge is 0.208 e. The monoisotopic (exact) mass is 400 g/mol. The Kier molecular flexibility index (Phi) is 5.63. The van der Waals surface area contributed by atoms with Gasteiger partial charge in [-0.25, -0.2) is 28.1 Å². The number of imidazole rings is 1. The second-order valence-corrected chi connectivity index (χ2v) is 8.45. The molecule has 0 bridgehead atoms. The van der Waals surface area contributed by atoms with Crippen molar-refractivity contribution in [3.8, 4) is 0 Å². The van der Waals surface area contributed by atoms with Gasteiger partial charge in [-0.15, -0.1) is 0 Å². The Labute approximate surface area is 157 Å². The van der Waals surface area contributed by atoms with E-state index < -0.39 is 34.6 Å². The van der Waals surface area contributed by atoms with Crippen LogP contribution in [0.3, 0.4) is 0 Å². The van der Waals surface area contributed by atoms with Crippen molar-refractivity contribution in [2.75, 3.05) is 25.6 Å². The summed E-state index contributed by atoms with van der Waals surface area (Å²) in [6.07, 6.45) is 1.70. The second-order valence-electron chi connectivity index (χ2n) is 6.62. The summed E-state index contributed by atoms with van der Waals surface area (Å²) in [6, 6.07) is 0. The van der Waals surface area contributed by atoms with Crippen molar-refractivity contribution in [2.45, 2.75) is 44.5 Å². The number of nitrogens with two attached hydrogens (primary N) is 1. The first-order chi connectivity index (χ1) is 12.7. The van der Waals surface area contributed by atoms with E-state index in [1.807, 2.05) is 13.8 Å². The molecule has 1 aliphatic rings. The number of sulfonamides is 1. The van der Waals surface area contributed by atoms with Crippen molar-refractivity contribution >= 4 is 27.0 Å². The molecule has 0 radical (unpaired) electrons. The predicted octanol–water partition coefficient (Wildman–Crippen LogP) is -0.336. The number of fused-ring (bicyclic) bond motifs is 1. The summed E-state index contributed by atoms with van der Waals surface area (Å²) in [5, 5.41) is 0. The van der Waals surface area contributed by atoms with E-state index in [0.29, 0.717) is 11.2 Å². The van der Waals surface area contributed by atoms with Gasteiger partial charge in [-0.2, -0.15) is 0 Å². The first-order valence-electron chi connectivity index (χ1n) is 8.42. The maximum Gasteiger partial charge on any atom is 0.208 e. The van der Waals surface area contributed by atoms with Crippen LogP contribution in [0.25, 0.3) is 11.2 Å². The van der Waals surface area contributed by atoms with Gasteiger partial charge in [-0.1, -0.05) is 0 Å². The summed E-state index contributed by atoms with van der Waals surface area (Å²) >= 11 is 0. The van der Waals surface area contributed by atoms with Crippen LogP contribution in [0, 0.1) is 0 Å². The molecule has 1 saturated heterocycles. The van der Waals surface area contributed by atoms with Crippen LogP contribution in [0.5, 0.6) is 0 Å². The van der Waals surface area contributed by atoms with Gasteiger partial charge in [0.1, 0.15) is 30.2 Å². The lowest BCUT2D eigenvalue weighted by molar-refractivity contribution is -0.0777. The highest BCUT2D eigenvalue weighted by Crippen LogP contribution is 2.35. The average molecular weight is 400 g/mol. The number of hydrogen-bond acceptors (Lipinski definition) is 9. The zero-order valence-electron chi connectivity index (χ0n) is 15.6. The van der Waals surface area contributed by atoms with Gasteiger partial charge in [0.05, 0.1) is 18.7 Å². The molecule has 4 atom stereocenters. The maximum atomic E-state index is 11.5. The fourth-order valence-corrected chi connectivity index (χ4v) is 3.58.